The minimum Gasteiger partial charge on any atom is -0.352 e. The van der Waals surface area contributed by atoms with Gasteiger partial charge in [0.2, 0.25) is 0 Å². The summed E-state index contributed by atoms with van der Waals surface area (Å²) in [6.07, 6.45) is 3.41. The Morgan fingerprint density at radius 3 is 2.78 bits per heavy atom. The van der Waals surface area contributed by atoms with Gasteiger partial charge in [0.05, 0.1) is 4.92 Å². The topological polar surface area (TPSA) is 72.2 Å². The van der Waals surface area contributed by atoms with Gasteiger partial charge in [-0.1, -0.05) is 24.1 Å². The van der Waals surface area contributed by atoms with Crippen LogP contribution in [0.2, 0.25) is 5.02 Å². The van der Waals surface area contributed by atoms with Crippen molar-refractivity contribution < 1.29 is 9.72 Å². The highest BCUT2D eigenvalue weighted by atomic mass is 35.5. The summed E-state index contributed by atoms with van der Waals surface area (Å²) in [7, 11) is 0. The summed E-state index contributed by atoms with van der Waals surface area (Å²) in [6.45, 7) is 0.572. The highest BCUT2D eigenvalue weighted by Gasteiger charge is 2.24. The number of para-hydroxylation sites is 1. The third kappa shape index (κ3) is 2.61. The van der Waals surface area contributed by atoms with Crippen LogP contribution in [0.25, 0.3) is 0 Å². The lowest BCUT2D eigenvalue weighted by atomic mass is 9.85. The van der Waals surface area contributed by atoms with E-state index < -0.39 is 10.8 Å². The van der Waals surface area contributed by atoms with E-state index >= 15 is 0 Å². The third-order valence-electron chi connectivity index (χ3n) is 3.19. The zero-order valence-corrected chi connectivity index (χ0v) is 10.4. The van der Waals surface area contributed by atoms with Crippen molar-refractivity contribution in [3.05, 3.63) is 38.9 Å². The first-order valence-corrected chi connectivity index (χ1v) is 6.18. The fourth-order valence-electron chi connectivity index (χ4n) is 1.91. The molecule has 0 unspecified atom stereocenters. The molecule has 96 valence electrons. The Morgan fingerprint density at radius 2 is 2.22 bits per heavy atom. The maximum Gasteiger partial charge on any atom is 0.300 e. The van der Waals surface area contributed by atoms with Gasteiger partial charge in [-0.15, -0.1) is 0 Å². The molecule has 1 aliphatic carbocycles. The largest absolute Gasteiger partial charge is 0.352 e. The van der Waals surface area contributed by atoms with Crippen LogP contribution in [-0.2, 0) is 0 Å². The molecule has 1 N–H and O–H groups in total. The number of benzene rings is 1. The Bertz CT molecular complexity index is 486. The molecule has 5 nitrogen and oxygen atoms in total. The monoisotopic (exact) mass is 268 g/mol. The van der Waals surface area contributed by atoms with E-state index in [1.165, 1.54) is 24.6 Å². The second-order valence-electron chi connectivity index (χ2n) is 4.40. The van der Waals surface area contributed by atoms with E-state index in [-0.39, 0.29) is 16.3 Å². The van der Waals surface area contributed by atoms with Crippen molar-refractivity contribution >= 4 is 23.2 Å². The Morgan fingerprint density at radius 1 is 1.50 bits per heavy atom. The quantitative estimate of drug-likeness (QED) is 0.674. The number of nitro benzene ring substituents is 1. The molecular formula is C12H13ClN2O3. The molecule has 1 saturated carbocycles. The smallest absolute Gasteiger partial charge is 0.300 e. The van der Waals surface area contributed by atoms with Gasteiger partial charge in [0.25, 0.3) is 5.91 Å². The molecule has 1 amide bonds. The van der Waals surface area contributed by atoms with Gasteiger partial charge in [-0.05, 0) is 30.9 Å². The predicted octanol–water partition coefficient (Wildman–Crippen LogP) is 2.78. The van der Waals surface area contributed by atoms with E-state index in [0.29, 0.717) is 12.5 Å². The average Bonchev–Trinajstić information content (AvgIpc) is 2.25. The number of rotatable bonds is 4. The van der Waals surface area contributed by atoms with Crippen LogP contribution in [-0.4, -0.2) is 17.4 Å². The summed E-state index contributed by atoms with van der Waals surface area (Å²) < 4.78 is 0. The van der Waals surface area contributed by atoms with Gasteiger partial charge in [-0.25, -0.2) is 0 Å². The lowest BCUT2D eigenvalue weighted by Crippen LogP contribution is -2.32. The van der Waals surface area contributed by atoms with Gasteiger partial charge in [-0.3, -0.25) is 14.9 Å². The molecule has 1 aromatic carbocycles. The van der Waals surface area contributed by atoms with Crippen molar-refractivity contribution in [2.45, 2.75) is 19.3 Å². The maximum absolute atomic E-state index is 11.9. The van der Waals surface area contributed by atoms with Crippen LogP contribution in [0.3, 0.4) is 0 Å². The molecule has 18 heavy (non-hydrogen) atoms. The van der Waals surface area contributed by atoms with Crippen LogP contribution in [0.15, 0.2) is 18.2 Å². The summed E-state index contributed by atoms with van der Waals surface area (Å²) in [4.78, 5) is 22.2. The Balaban J connectivity index is 2.13. The zero-order chi connectivity index (χ0) is 13.1. The molecule has 2 rings (SSSR count). The predicted molar refractivity (Wildman–Crippen MR) is 67.8 cm³/mol. The first-order valence-electron chi connectivity index (χ1n) is 5.80. The third-order valence-corrected chi connectivity index (χ3v) is 3.50. The van der Waals surface area contributed by atoms with Gasteiger partial charge in [0.1, 0.15) is 10.6 Å². The van der Waals surface area contributed by atoms with E-state index in [1.807, 2.05) is 0 Å². The summed E-state index contributed by atoms with van der Waals surface area (Å²) >= 11 is 5.75. The van der Waals surface area contributed by atoms with Crippen molar-refractivity contribution in [3.63, 3.8) is 0 Å². The summed E-state index contributed by atoms with van der Waals surface area (Å²) in [5.41, 5.74) is -0.308. The van der Waals surface area contributed by atoms with Crippen LogP contribution in [0.4, 0.5) is 5.69 Å². The first kappa shape index (κ1) is 12.8. The van der Waals surface area contributed by atoms with Crippen molar-refractivity contribution in [3.8, 4) is 0 Å². The number of halogens is 1. The first-order chi connectivity index (χ1) is 8.59. The average molecular weight is 269 g/mol. The molecule has 0 spiro atoms. The minimum absolute atomic E-state index is 0.0173. The molecule has 0 aliphatic heterocycles. The number of amides is 1. The number of nitro groups is 1. The summed E-state index contributed by atoms with van der Waals surface area (Å²) in [6, 6.07) is 4.36. The molecule has 1 fully saturated rings. The van der Waals surface area contributed by atoms with Crippen LogP contribution < -0.4 is 5.32 Å². The van der Waals surface area contributed by atoms with E-state index in [1.54, 1.807) is 0 Å². The molecule has 0 aromatic heterocycles. The number of carbonyl (C=O) groups excluding carboxylic acids is 1. The standard InChI is InChI=1S/C12H13ClN2O3/c13-10-6-2-5-9(11(10)15(17)18)12(16)14-7-8-3-1-4-8/h2,5-6,8H,1,3-4,7H2,(H,14,16). The second-order valence-corrected chi connectivity index (χ2v) is 4.81. The molecule has 0 heterocycles. The van der Waals surface area contributed by atoms with E-state index in [2.05, 4.69) is 5.32 Å². The van der Waals surface area contributed by atoms with Crippen molar-refractivity contribution in [1.29, 1.82) is 0 Å². The van der Waals surface area contributed by atoms with Gasteiger partial charge < -0.3 is 5.32 Å². The molecule has 0 bridgehead atoms. The molecule has 1 aliphatic rings. The van der Waals surface area contributed by atoms with Crippen molar-refractivity contribution in [2.75, 3.05) is 6.54 Å². The number of nitrogens with zero attached hydrogens (tertiary/aromatic N) is 1. The number of hydrogen-bond acceptors (Lipinski definition) is 3. The number of nitrogens with one attached hydrogen (secondary N) is 1. The van der Waals surface area contributed by atoms with Crippen molar-refractivity contribution in [2.24, 2.45) is 5.92 Å². The molecule has 1 aromatic rings. The number of hydrogen-bond donors (Lipinski definition) is 1. The highest BCUT2D eigenvalue weighted by Crippen LogP contribution is 2.29. The molecular weight excluding hydrogens is 256 g/mol. The van der Waals surface area contributed by atoms with Gasteiger partial charge in [-0.2, -0.15) is 0 Å². The fourth-order valence-corrected chi connectivity index (χ4v) is 2.16. The maximum atomic E-state index is 11.9. The normalized spacial score (nSPS) is 14.9. The Labute approximate surface area is 109 Å². The van der Waals surface area contributed by atoms with Gasteiger partial charge in [0, 0.05) is 6.54 Å². The van der Waals surface area contributed by atoms with E-state index in [0.717, 1.165) is 12.8 Å². The Hall–Kier alpha value is -1.62. The fraction of sp³-hybridized carbons (Fsp3) is 0.417. The summed E-state index contributed by atoms with van der Waals surface area (Å²) in [5, 5.41) is 13.6. The zero-order valence-electron chi connectivity index (χ0n) is 9.69. The van der Waals surface area contributed by atoms with Crippen LogP contribution >= 0.6 is 11.6 Å². The van der Waals surface area contributed by atoms with E-state index in [9.17, 15) is 14.9 Å². The van der Waals surface area contributed by atoms with E-state index in [4.69, 9.17) is 11.6 Å². The van der Waals surface area contributed by atoms with Crippen molar-refractivity contribution in [1.82, 2.24) is 5.32 Å². The second kappa shape index (κ2) is 5.35. The van der Waals surface area contributed by atoms with Gasteiger partial charge >= 0.3 is 5.69 Å². The SMILES string of the molecule is O=C(NCC1CCC1)c1cccc(Cl)c1[N+](=O)[O-]. The number of carbonyl (C=O) groups is 1. The lowest BCUT2D eigenvalue weighted by Gasteiger charge is -2.25. The minimum atomic E-state index is -0.624. The van der Waals surface area contributed by atoms with Crippen LogP contribution in [0.5, 0.6) is 0 Å². The van der Waals surface area contributed by atoms with Gasteiger partial charge in [0.15, 0.2) is 0 Å². The molecule has 0 saturated heterocycles. The Kier molecular flexibility index (Phi) is 3.81. The molecule has 0 atom stereocenters. The molecule has 6 heteroatoms. The highest BCUT2D eigenvalue weighted by molar-refractivity contribution is 6.33. The lowest BCUT2D eigenvalue weighted by molar-refractivity contribution is -0.385. The van der Waals surface area contributed by atoms with Crippen LogP contribution in [0.1, 0.15) is 29.6 Å². The molecule has 0 radical (unpaired) electrons. The van der Waals surface area contributed by atoms with Crippen LogP contribution in [0, 0.1) is 16.0 Å². The summed E-state index contributed by atoms with van der Waals surface area (Å²) in [5.74, 6) is 0.0725.